The van der Waals surface area contributed by atoms with Gasteiger partial charge in [0.05, 0.1) is 18.2 Å². The third-order valence-electron chi connectivity index (χ3n) is 2.87. The van der Waals surface area contributed by atoms with Crippen molar-refractivity contribution in [3.8, 4) is 0 Å². The minimum Gasteiger partial charge on any atom is -0.477 e. The normalized spacial score (nSPS) is 18.8. The van der Waals surface area contributed by atoms with Gasteiger partial charge in [-0.3, -0.25) is 4.79 Å². The van der Waals surface area contributed by atoms with Crippen molar-refractivity contribution in [3.05, 3.63) is 15.8 Å². The number of hydrogen-bond donors (Lipinski definition) is 2. The molecule has 1 aromatic rings. The summed E-state index contributed by atoms with van der Waals surface area (Å²) in [5.41, 5.74) is 1.19. The Morgan fingerprint density at radius 2 is 2.39 bits per heavy atom. The van der Waals surface area contributed by atoms with Gasteiger partial charge in [-0.25, -0.2) is 4.79 Å². The van der Waals surface area contributed by atoms with Gasteiger partial charge in [-0.2, -0.15) is 0 Å². The number of aryl methyl sites for hydroxylation is 1. The molecule has 1 atom stereocenters. The van der Waals surface area contributed by atoms with E-state index in [1.54, 1.807) is 12.3 Å². The van der Waals surface area contributed by atoms with E-state index in [1.807, 2.05) is 0 Å². The lowest BCUT2D eigenvalue weighted by molar-refractivity contribution is -0.118. The number of aromatic carboxylic acids is 1. The van der Waals surface area contributed by atoms with Gasteiger partial charge in [0.1, 0.15) is 4.88 Å². The van der Waals surface area contributed by atoms with Crippen molar-refractivity contribution in [2.75, 3.05) is 11.9 Å². The molecule has 5 nitrogen and oxygen atoms in total. The van der Waals surface area contributed by atoms with E-state index in [2.05, 4.69) is 5.32 Å². The maximum absolute atomic E-state index is 11.8. The van der Waals surface area contributed by atoms with Crippen molar-refractivity contribution >= 4 is 28.9 Å². The second-order valence-electron chi connectivity index (χ2n) is 4.32. The fourth-order valence-corrected chi connectivity index (χ4v) is 2.80. The van der Waals surface area contributed by atoms with Crippen molar-refractivity contribution in [3.63, 3.8) is 0 Å². The van der Waals surface area contributed by atoms with E-state index in [9.17, 15) is 9.59 Å². The molecule has 2 N–H and O–H groups in total. The Morgan fingerprint density at radius 3 is 3.00 bits per heavy atom. The van der Waals surface area contributed by atoms with Crippen molar-refractivity contribution in [2.24, 2.45) is 0 Å². The van der Waals surface area contributed by atoms with Crippen molar-refractivity contribution in [2.45, 2.75) is 32.3 Å². The SMILES string of the molecule is Cc1csc(C(=O)O)c1NC(=O)CC1CCCO1. The Hall–Kier alpha value is -1.40. The van der Waals surface area contributed by atoms with E-state index in [4.69, 9.17) is 9.84 Å². The lowest BCUT2D eigenvalue weighted by atomic mass is 10.1. The van der Waals surface area contributed by atoms with Crippen LogP contribution in [-0.4, -0.2) is 29.7 Å². The Morgan fingerprint density at radius 1 is 1.61 bits per heavy atom. The summed E-state index contributed by atoms with van der Waals surface area (Å²) in [7, 11) is 0. The third kappa shape index (κ3) is 2.88. The van der Waals surface area contributed by atoms with Crippen LogP contribution < -0.4 is 5.32 Å². The summed E-state index contributed by atoms with van der Waals surface area (Å²) < 4.78 is 5.38. The zero-order chi connectivity index (χ0) is 13.1. The molecule has 2 heterocycles. The highest BCUT2D eigenvalue weighted by molar-refractivity contribution is 7.12. The fourth-order valence-electron chi connectivity index (χ4n) is 1.96. The van der Waals surface area contributed by atoms with E-state index >= 15 is 0 Å². The number of hydrogen-bond acceptors (Lipinski definition) is 4. The van der Waals surface area contributed by atoms with Crippen LogP contribution in [0.25, 0.3) is 0 Å². The van der Waals surface area contributed by atoms with E-state index in [0.717, 1.165) is 29.7 Å². The molecule has 0 aromatic carbocycles. The van der Waals surface area contributed by atoms with Gasteiger partial charge in [0.2, 0.25) is 5.91 Å². The topological polar surface area (TPSA) is 75.6 Å². The average molecular weight is 269 g/mol. The standard InChI is InChI=1S/C12H15NO4S/c1-7-6-18-11(12(15)16)10(7)13-9(14)5-8-3-2-4-17-8/h6,8H,2-5H2,1H3,(H,13,14)(H,15,16). The van der Waals surface area contributed by atoms with Gasteiger partial charge in [0.15, 0.2) is 0 Å². The van der Waals surface area contributed by atoms with E-state index in [1.165, 1.54) is 0 Å². The van der Waals surface area contributed by atoms with Crippen LogP contribution in [0.4, 0.5) is 5.69 Å². The fraction of sp³-hybridized carbons (Fsp3) is 0.500. The van der Waals surface area contributed by atoms with E-state index in [-0.39, 0.29) is 23.3 Å². The number of anilines is 1. The quantitative estimate of drug-likeness (QED) is 0.879. The molecule has 0 radical (unpaired) electrons. The maximum Gasteiger partial charge on any atom is 0.348 e. The molecule has 0 aliphatic carbocycles. The van der Waals surface area contributed by atoms with Crippen molar-refractivity contribution < 1.29 is 19.4 Å². The van der Waals surface area contributed by atoms with Gasteiger partial charge in [0, 0.05) is 6.61 Å². The number of carboxylic acid groups (broad SMARTS) is 1. The predicted molar refractivity (Wildman–Crippen MR) is 68.2 cm³/mol. The molecular weight excluding hydrogens is 254 g/mol. The van der Waals surface area contributed by atoms with Crippen molar-refractivity contribution in [1.29, 1.82) is 0 Å². The molecule has 6 heteroatoms. The Bertz CT molecular complexity index is 463. The Balaban J connectivity index is 2.01. The first-order chi connectivity index (χ1) is 8.58. The number of rotatable bonds is 4. The van der Waals surface area contributed by atoms with Crippen LogP contribution in [0.1, 0.15) is 34.5 Å². The molecule has 1 saturated heterocycles. The van der Waals surface area contributed by atoms with Crippen LogP contribution in [0.2, 0.25) is 0 Å². The third-order valence-corrected chi connectivity index (χ3v) is 3.96. The smallest absolute Gasteiger partial charge is 0.348 e. The molecule has 0 saturated carbocycles. The van der Waals surface area contributed by atoms with Gasteiger partial charge >= 0.3 is 5.97 Å². The largest absolute Gasteiger partial charge is 0.477 e. The molecule has 1 aliphatic rings. The second-order valence-corrected chi connectivity index (χ2v) is 5.19. The number of amides is 1. The summed E-state index contributed by atoms with van der Waals surface area (Å²) >= 11 is 1.12. The minimum absolute atomic E-state index is 0.0304. The molecule has 1 fully saturated rings. The molecular formula is C12H15NO4S. The molecule has 1 aliphatic heterocycles. The number of carbonyl (C=O) groups excluding carboxylic acids is 1. The predicted octanol–water partition coefficient (Wildman–Crippen LogP) is 2.26. The van der Waals surface area contributed by atoms with Crippen LogP contribution in [0, 0.1) is 6.92 Å². The van der Waals surface area contributed by atoms with Crippen LogP contribution in [0.3, 0.4) is 0 Å². The zero-order valence-corrected chi connectivity index (χ0v) is 10.9. The highest BCUT2D eigenvalue weighted by atomic mass is 32.1. The number of thiophene rings is 1. The number of ether oxygens (including phenoxy) is 1. The van der Waals surface area contributed by atoms with Crippen LogP contribution in [0.15, 0.2) is 5.38 Å². The molecule has 98 valence electrons. The monoisotopic (exact) mass is 269 g/mol. The highest BCUT2D eigenvalue weighted by Crippen LogP contribution is 2.28. The average Bonchev–Trinajstić information content (AvgIpc) is 2.90. The summed E-state index contributed by atoms with van der Waals surface area (Å²) in [4.78, 5) is 23.0. The molecule has 1 aromatic heterocycles. The van der Waals surface area contributed by atoms with Gasteiger partial charge in [-0.15, -0.1) is 11.3 Å². The lowest BCUT2D eigenvalue weighted by Crippen LogP contribution is -2.20. The van der Waals surface area contributed by atoms with Gasteiger partial charge in [-0.05, 0) is 30.7 Å². The van der Waals surface area contributed by atoms with Crippen LogP contribution in [-0.2, 0) is 9.53 Å². The first-order valence-corrected chi connectivity index (χ1v) is 6.68. The summed E-state index contributed by atoms with van der Waals surface area (Å²) in [6, 6.07) is 0. The summed E-state index contributed by atoms with van der Waals surface area (Å²) in [5, 5.41) is 13.4. The first-order valence-electron chi connectivity index (χ1n) is 5.80. The Labute approximate surface area is 109 Å². The lowest BCUT2D eigenvalue weighted by Gasteiger charge is -2.10. The summed E-state index contributed by atoms with van der Waals surface area (Å²) in [6.45, 7) is 2.49. The van der Waals surface area contributed by atoms with Gasteiger partial charge in [0.25, 0.3) is 0 Å². The van der Waals surface area contributed by atoms with Gasteiger partial charge in [-0.1, -0.05) is 0 Å². The molecule has 0 bridgehead atoms. The second kappa shape index (κ2) is 5.49. The Kier molecular flexibility index (Phi) is 3.98. The van der Waals surface area contributed by atoms with E-state index < -0.39 is 5.97 Å². The molecule has 0 spiro atoms. The maximum atomic E-state index is 11.8. The first kappa shape index (κ1) is 13.0. The number of nitrogens with one attached hydrogen (secondary N) is 1. The van der Waals surface area contributed by atoms with Gasteiger partial charge < -0.3 is 15.2 Å². The minimum atomic E-state index is -1.01. The molecule has 2 rings (SSSR count). The highest BCUT2D eigenvalue weighted by Gasteiger charge is 2.22. The van der Waals surface area contributed by atoms with Crippen LogP contribution in [0.5, 0.6) is 0 Å². The van der Waals surface area contributed by atoms with Crippen molar-refractivity contribution in [1.82, 2.24) is 0 Å². The van der Waals surface area contributed by atoms with Crippen LogP contribution >= 0.6 is 11.3 Å². The molecule has 18 heavy (non-hydrogen) atoms. The van der Waals surface area contributed by atoms with E-state index in [0.29, 0.717) is 12.3 Å². The summed E-state index contributed by atoms with van der Waals surface area (Å²) in [6.07, 6.45) is 2.13. The summed E-state index contributed by atoms with van der Waals surface area (Å²) in [5.74, 6) is -1.20. The zero-order valence-electron chi connectivity index (χ0n) is 10.1. The number of carboxylic acids is 1. The molecule has 1 amide bonds. The molecule has 1 unspecified atom stereocenters. The number of carbonyl (C=O) groups is 2.